The third kappa shape index (κ3) is 2.89. The molecule has 6 heteroatoms. The molecule has 1 radical (unpaired) electrons. The first-order valence-electron chi connectivity index (χ1n) is 5.65. The Kier molecular flexibility index (Phi) is 6.37. The van der Waals surface area contributed by atoms with E-state index in [-0.39, 0.29) is 35.5 Å². The molecule has 1 aliphatic rings. The van der Waals surface area contributed by atoms with Gasteiger partial charge < -0.3 is 0 Å². The zero-order valence-electron chi connectivity index (χ0n) is 10.9. The molecule has 1 atom stereocenters. The Bertz CT molecular complexity index is 311. The summed E-state index contributed by atoms with van der Waals surface area (Å²) in [5.74, 6) is -1.01. The van der Waals surface area contributed by atoms with Gasteiger partial charge >= 0.3 is 6.03 Å². The molecule has 1 rings (SSSR count). The fourth-order valence-electron chi connectivity index (χ4n) is 2.36. The summed E-state index contributed by atoms with van der Waals surface area (Å²) < 4.78 is 0. The van der Waals surface area contributed by atoms with Crippen LogP contribution >= 0.6 is 0 Å². The van der Waals surface area contributed by atoms with Crippen molar-refractivity contribution in [2.24, 2.45) is 11.3 Å². The number of rotatable bonds is 4. The van der Waals surface area contributed by atoms with Crippen LogP contribution in [-0.4, -0.2) is 47.4 Å². The molecule has 0 aromatic carbocycles. The predicted octanol–water partition coefficient (Wildman–Crippen LogP) is 0.804. The molecule has 1 aliphatic heterocycles. The van der Waals surface area contributed by atoms with Crippen LogP contribution in [0.4, 0.5) is 4.79 Å². The maximum atomic E-state index is 11.9. The van der Waals surface area contributed by atoms with Crippen molar-refractivity contribution >= 4 is 47.4 Å². The molecule has 0 bridgehead atoms. The normalized spacial score (nSPS) is 20.1. The molecule has 0 aromatic heterocycles. The molecule has 1 fully saturated rings. The fraction of sp³-hybridized carbons (Fsp3) is 0.727. The Balaban J connectivity index is 0.00000256. The minimum atomic E-state index is -1.09. The van der Waals surface area contributed by atoms with Crippen molar-refractivity contribution in [2.75, 3.05) is 0 Å². The average molecular weight is 249 g/mol. The van der Waals surface area contributed by atoms with Crippen LogP contribution < -0.4 is 10.6 Å². The van der Waals surface area contributed by atoms with E-state index in [9.17, 15) is 14.4 Å². The average Bonchev–Trinajstić information content (AvgIpc) is 2.18. The smallest absolute Gasteiger partial charge is 0.277 e. The van der Waals surface area contributed by atoms with Crippen molar-refractivity contribution in [2.45, 2.75) is 40.0 Å². The largest absolute Gasteiger partial charge is 0.328 e. The number of barbiturate groups is 1. The van der Waals surface area contributed by atoms with Crippen LogP contribution in [0.15, 0.2) is 0 Å². The van der Waals surface area contributed by atoms with Gasteiger partial charge in [0.2, 0.25) is 11.8 Å². The number of amides is 4. The molecule has 91 valence electrons. The van der Waals surface area contributed by atoms with Crippen LogP contribution in [0.1, 0.15) is 40.0 Å². The Morgan fingerprint density at radius 3 is 1.94 bits per heavy atom. The molecule has 0 aliphatic carbocycles. The van der Waals surface area contributed by atoms with E-state index >= 15 is 0 Å². The second kappa shape index (κ2) is 6.52. The van der Waals surface area contributed by atoms with Crippen LogP contribution in [0.25, 0.3) is 0 Å². The molecule has 0 spiro atoms. The van der Waals surface area contributed by atoms with Crippen molar-refractivity contribution in [3.8, 4) is 0 Å². The summed E-state index contributed by atoms with van der Waals surface area (Å²) >= 11 is 0. The van der Waals surface area contributed by atoms with Gasteiger partial charge in [0.05, 0.1) is 0 Å². The molecule has 5 nitrogen and oxygen atoms in total. The Labute approximate surface area is 123 Å². The van der Waals surface area contributed by atoms with Crippen molar-refractivity contribution in [1.82, 2.24) is 10.6 Å². The second-order valence-corrected chi connectivity index (χ2v) is 4.25. The molecule has 1 unspecified atom stereocenters. The minimum absolute atomic E-state index is 0. The van der Waals surface area contributed by atoms with E-state index in [1.54, 1.807) is 6.92 Å². The van der Waals surface area contributed by atoms with Crippen LogP contribution in [-0.2, 0) is 9.59 Å². The molecule has 2 N–H and O–H groups in total. The van der Waals surface area contributed by atoms with Gasteiger partial charge in [0.15, 0.2) is 0 Å². The maximum absolute atomic E-state index is 11.9. The van der Waals surface area contributed by atoms with Crippen molar-refractivity contribution in [1.29, 1.82) is 0 Å². The number of nitrogens with one attached hydrogen (secondary N) is 2. The molecule has 1 heterocycles. The van der Waals surface area contributed by atoms with E-state index in [1.807, 2.05) is 13.8 Å². The van der Waals surface area contributed by atoms with E-state index in [0.717, 1.165) is 12.8 Å². The van der Waals surface area contributed by atoms with Gasteiger partial charge in [0.25, 0.3) is 0 Å². The summed E-state index contributed by atoms with van der Waals surface area (Å²) in [7, 11) is 0. The van der Waals surface area contributed by atoms with Crippen molar-refractivity contribution in [3.63, 3.8) is 0 Å². The van der Waals surface area contributed by atoms with E-state index < -0.39 is 23.3 Å². The van der Waals surface area contributed by atoms with Gasteiger partial charge in [0, 0.05) is 29.6 Å². The third-order valence-electron chi connectivity index (χ3n) is 3.39. The Morgan fingerprint density at radius 2 is 1.59 bits per heavy atom. The number of hydrogen-bond donors (Lipinski definition) is 2. The van der Waals surface area contributed by atoms with E-state index in [0.29, 0.717) is 6.42 Å². The van der Waals surface area contributed by atoms with E-state index in [2.05, 4.69) is 10.6 Å². The van der Waals surface area contributed by atoms with Gasteiger partial charge in [-0.3, -0.25) is 20.2 Å². The minimum Gasteiger partial charge on any atom is -0.277 e. The summed E-state index contributed by atoms with van der Waals surface area (Å²) in [6, 6.07) is -0.720. The van der Waals surface area contributed by atoms with Crippen LogP contribution in [0.5, 0.6) is 0 Å². The summed E-state index contributed by atoms with van der Waals surface area (Å²) in [6.07, 6.45) is 2.08. The van der Waals surface area contributed by atoms with Crippen LogP contribution in [0.2, 0.25) is 0 Å². The van der Waals surface area contributed by atoms with Gasteiger partial charge in [0.1, 0.15) is 5.41 Å². The zero-order chi connectivity index (χ0) is 12.3. The molecular weight excluding hydrogens is 231 g/mol. The van der Waals surface area contributed by atoms with E-state index in [1.165, 1.54) is 0 Å². The third-order valence-corrected chi connectivity index (χ3v) is 3.39. The summed E-state index contributed by atoms with van der Waals surface area (Å²) in [5.41, 5.74) is -1.09. The van der Waals surface area contributed by atoms with Gasteiger partial charge in [-0.15, -0.1) is 0 Å². The first-order chi connectivity index (χ1) is 7.48. The summed E-state index contributed by atoms with van der Waals surface area (Å²) in [4.78, 5) is 34.8. The monoisotopic (exact) mass is 249 g/mol. The standard InChI is InChI=1S/C11H18N2O3.Na/c1-4-6-7(3)11(5-2)8(14)12-10(16)13-9(11)15;/h7H,4-6H2,1-3H3,(H2,12,13,14,15,16);. The molecule has 4 amide bonds. The first kappa shape index (κ1) is 16.6. The number of carbonyl (C=O) groups is 3. The first-order valence-corrected chi connectivity index (χ1v) is 5.65. The van der Waals surface area contributed by atoms with Gasteiger partial charge in [-0.1, -0.05) is 27.2 Å². The number of imide groups is 2. The maximum Gasteiger partial charge on any atom is 0.328 e. The summed E-state index contributed by atoms with van der Waals surface area (Å²) in [6.45, 7) is 5.67. The summed E-state index contributed by atoms with van der Waals surface area (Å²) in [5, 5.41) is 4.36. The van der Waals surface area contributed by atoms with Crippen molar-refractivity contribution in [3.05, 3.63) is 0 Å². The van der Waals surface area contributed by atoms with Crippen molar-refractivity contribution < 1.29 is 14.4 Å². The number of urea groups is 1. The van der Waals surface area contributed by atoms with Crippen LogP contribution in [0, 0.1) is 11.3 Å². The van der Waals surface area contributed by atoms with Crippen LogP contribution in [0.3, 0.4) is 0 Å². The number of hydrogen-bond acceptors (Lipinski definition) is 3. The quantitative estimate of drug-likeness (QED) is 0.571. The van der Waals surface area contributed by atoms with Gasteiger partial charge in [-0.05, 0) is 18.8 Å². The molecule has 17 heavy (non-hydrogen) atoms. The molecular formula is C11H18N2NaO3. The molecule has 1 saturated heterocycles. The molecule has 0 saturated carbocycles. The fourth-order valence-corrected chi connectivity index (χ4v) is 2.36. The van der Waals surface area contributed by atoms with E-state index in [4.69, 9.17) is 0 Å². The zero-order valence-corrected chi connectivity index (χ0v) is 12.9. The molecule has 0 aromatic rings. The Morgan fingerprint density at radius 1 is 1.12 bits per heavy atom. The second-order valence-electron chi connectivity index (χ2n) is 4.25. The topological polar surface area (TPSA) is 75.3 Å². The number of carbonyl (C=O) groups excluding carboxylic acids is 3. The van der Waals surface area contributed by atoms with Gasteiger partial charge in [-0.25, -0.2) is 4.79 Å². The van der Waals surface area contributed by atoms with Gasteiger partial charge in [-0.2, -0.15) is 0 Å². The Hall–Kier alpha value is -0.390. The predicted molar refractivity (Wildman–Crippen MR) is 64.2 cm³/mol. The SMILES string of the molecule is CCCC(C)C1(CC)C(=O)NC(=O)NC1=O.[Na].